The summed E-state index contributed by atoms with van der Waals surface area (Å²) in [5.41, 5.74) is 6.86. The number of hydrogen-bond donors (Lipinski definition) is 1. The smallest absolute Gasteiger partial charge is 0.345 e. The van der Waals surface area contributed by atoms with Gasteiger partial charge in [0.05, 0.1) is 13.2 Å². The van der Waals surface area contributed by atoms with Crippen molar-refractivity contribution in [3.8, 4) is 5.75 Å². The lowest BCUT2D eigenvalue weighted by molar-refractivity contribution is 0.340. The fourth-order valence-corrected chi connectivity index (χ4v) is 1.82. The second kappa shape index (κ2) is 5.71. The van der Waals surface area contributed by atoms with Gasteiger partial charge < -0.3 is 10.5 Å². The van der Waals surface area contributed by atoms with Gasteiger partial charge in [0.15, 0.2) is 0 Å². The van der Waals surface area contributed by atoms with Gasteiger partial charge in [-0.3, -0.25) is 4.57 Å². The van der Waals surface area contributed by atoms with Crippen LogP contribution in [-0.4, -0.2) is 21.0 Å². The summed E-state index contributed by atoms with van der Waals surface area (Å²) in [7, 11) is 1.66. The van der Waals surface area contributed by atoms with E-state index in [1.807, 2.05) is 31.2 Å². The van der Waals surface area contributed by atoms with Crippen molar-refractivity contribution in [2.45, 2.75) is 19.5 Å². The molecule has 0 radical (unpaired) electrons. The zero-order chi connectivity index (χ0) is 13.8. The molecule has 1 aromatic carbocycles. The Morgan fingerprint density at radius 1 is 1.37 bits per heavy atom. The van der Waals surface area contributed by atoms with E-state index in [9.17, 15) is 4.79 Å². The molecule has 2 aromatic rings. The Morgan fingerprint density at radius 2 is 2.05 bits per heavy atom. The summed E-state index contributed by atoms with van der Waals surface area (Å²) < 4.78 is 8.15. The highest BCUT2D eigenvalue weighted by atomic mass is 16.5. The largest absolute Gasteiger partial charge is 0.494 e. The Balaban J connectivity index is 2.09. The molecule has 0 saturated heterocycles. The van der Waals surface area contributed by atoms with E-state index >= 15 is 0 Å². The highest BCUT2D eigenvalue weighted by molar-refractivity contribution is 5.28. The van der Waals surface area contributed by atoms with E-state index in [4.69, 9.17) is 10.5 Å². The van der Waals surface area contributed by atoms with E-state index in [0.29, 0.717) is 13.2 Å². The quantitative estimate of drug-likeness (QED) is 0.859. The van der Waals surface area contributed by atoms with Crippen LogP contribution in [0.3, 0.4) is 0 Å². The van der Waals surface area contributed by atoms with E-state index in [1.54, 1.807) is 7.05 Å². The van der Waals surface area contributed by atoms with E-state index in [0.717, 1.165) is 11.3 Å². The molecule has 0 bridgehead atoms. The minimum atomic E-state index is -0.275. The van der Waals surface area contributed by atoms with Gasteiger partial charge in [0.25, 0.3) is 0 Å². The average molecular weight is 262 g/mol. The Morgan fingerprint density at radius 3 is 2.58 bits per heavy atom. The maximum atomic E-state index is 11.7. The van der Waals surface area contributed by atoms with Crippen LogP contribution in [0.4, 0.5) is 0 Å². The molecular formula is C13H18N4O2. The van der Waals surface area contributed by atoms with Crippen LogP contribution in [-0.2, 0) is 13.6 Å². The highest BCUT2D eigenvalue weighted by Crippen LogP contribution is 2.17. The summed E-state index contributed by atoms with van der Waals surface area (Å²) in [6, 6.07) is 7.29. The number of hydrogen-bond acceptors (Lipinski definition) is 4. The number of nitrogens with two attached hydrogens (primary N) is 1. The molecule has 1 aromatic heterocycles. The van der Waals surface area contributed by atoms with Crippen LogP contribution >= 0.6 is 0 Å². The van der Waals surface area contributed by atoms with Crippen molar-refractivity contribution in [1.29, 1.82) is 0 Å². The second-order valence-corrected chi connectivity index (χ2v) is 4.32. The monoisotopic (exact) mass is 262 g/mol. The van der Waals surface area contributed by atoms with Crippen molar-refractivity contribution < 1.29 is 4.74 Å². The van der Waals surface area contributed by atoms with E-state index < -0.39 is 0 Å². The fraction of sp³-hybridized carbons (Fsp3) is 0.385. The molecular weight excluding hydrogens is 244 g/mol. The van der Waals surface area contributed by atoms with Crippen molar-refractivity contribution in [1.82, 2.24) is 14.3 Å². The van der Waals surface area contributed by atoms with Crippen LogP contribution in [0, 0.1) is 0 Å². The minimum Gasteiger partial charge on any atom is -0.494 e. The normalized spacial score (nSPS) is 12.4. The molecule has 1 unspecified atom stereocenters. The summed E-state index contributed by atoms with van der Waals surface area (Å²) in [5.74, 6) is 0.813. The van der Waals surface area contributed by atoms with E-state index in [1.165, 1.54) is 15.6 Å². The minimum absolute atomic E-state index is 0.165. The molecule has 6 nitrogen and oxygen atoms in total. The third kappa shape index (κ3) is 3.03. The lowest BCUT2D eigenvalue weighted by Gasteiger charge is -2.12. The van der Waals surface area contributed by atoms with Crippen LogP contribution in [0.15, 0.2) is 35.4 Å². The number of nitrogens with zero attached hydrogens (tertiary/aromatic N) is 3. The Bertz CT molecular complexity index is 585. The molecule has 2 rings (SSSR count). The first-order valence-electron chi connectivity index (χ1n) is 6.18. The Hall–Kier alpha value is -2.08. The van der Waals surface area contributed by atoms with Crippen LogP contribution in [0.5, 0.6) is 5.75 Å². The van der Waals surface area contributed by atoms with Gasteiger partial charge in [0.1, 0.15) is 12.1 Å². The van der Waals surface area contributed by atoms with Crippen molar-refractivity contribution in [2.75, 3.05) is 6.61 Å². The van der Waals surface area contributed by atoms with Crippen LogP contribution in [0.2, 0.25) is 0 Å². The summed E-state index contributed by atoms with van der Waals surface area (Å²) in [4.78, 5) is 11.7. The third-order valence-electron chi connectivity index (χ3n) is 2.88. The lowest BCUT2D eigenvalue weighted by Crippen LogP contribution is -2.28. The maximum absolute atomic E-state index is 11.7. The zero-order valence-corrected chi connectivity index (χ0v) is 11.1. The lowest BCUT2D eigenvalue weighted by atomic mass is 10.1. The molecule has 1 heterocycles. The molecule has 102 valence electrons. The summed E-state index contributed by atoms with van der Waals surface area (Å²) in [5, 5.41) is 3.99. The van der Waals surface area contributed by atoms with Crippen molar-refractivity contribution in [3.05, 3.63) is 46.6 Å². The van der Waals surface area contributed by atoms with Crippen molar-refractivity contribution in [3.63, 3.8) is 0 Å². The number of ether oxygens (including phenoxy) is 1. The second-order valence-electron chi connectivity index (χ2n) is 4.32. The predicted molar refractivity (Wildman–Crippen MR) is 72.0 cm³/mol. The van der Waals surface area contributed by atoms with Gasteiger partial charge in [-0.25, -0.2) is 9.48 Å². The fourth-order valence-electron chi connectivity index (χ4n) is 1.82. The standard InChI is InChI=1S/C13H18N4O2/c1-3-19-11-6-4-10(5-7-11)12(14)8-17-13(18)16(2)9-15-17/h4-7,9,12H,3,8,14H2,1-2H3. The van der Waals surface area contributed by atoms with Gasteiger partial charge in [0.2, 0.25) is 0 Å². The molecule has 6 heteroatoms. The van der Waals surface area contributed by atoms with Gasteiger partial charge in [-0.05, 0) is 24.6 Å². The van der Waals surface area contributed by atoms with Gasteiger partial charge in [0, 0.05) is 13.1 Å². The van der Waals surface area contributed by atoms with E-state index in [-0.39, 0.29) is 11.7 Å². The molecule has 1 atom stereocenters. The molecule has 0 saturated carbocycles. The van der Waals surface area contributed by atoms with E-state index in [2.05, 4.69) is 5.10 Å². The molecule has 0 spiro atoms. The number of aryl methyl sites for hydroxylation is 1. The van der Waals surface area contributed by atoms with Gasteiger partial charge in [-0.1, -0.05) is 12.1 Å². The summed E-state index contributed by atoms with van der Waals surface area (Å²) in [6.45, 7) is 2.93. The molecule has 2 N–H and O–H groups in total. The molecule has 0 aliphatic rings. The first-order valence-corrected chi connectivity index (χ1v) is 6.18. The van der Waals surface area contributed by atoms with Crippen molar-refractivity contribution in [2.24, 2.45) is 12.8 Å². The SMILES string of the molecule is CCOc1ccc(C(N)Cn2ncn(C)c2=O)cc1. The molecule has 19 heavy (non-hydrogen) atoms. The first kappa shape index (κ1) is 13.4. The summed E-state index contributed by atoms with van der Waals surface area (Å²) >= 11 is 0. The van der Waals surface area contributed by atoms with Gasteiger partial charge >= 0.3 is 5.69 Å². The molecule has 0 fully saturated rings. The highest BCUT2D eigenvalue weighted by Gasteiger charge is 2.10. The van der Waals surface area contributed by atoms with Crippen molar-refractivity contribution >= 4 is 0 Å². The average Bonchev–Trinajstić information content (AvgIpc) is 2.72. The van der Waals surface area contributed by atoms with Gasteiger partial charge in [-0.15, -0.1) is 0 Å². The van der Waals surface area contributed by atoms with Crippen LogP contribution in [0.25, 0.3) is 0 Å². The molecule has 0 amide bonds. The molecule has 0 aliphatic carbocycles. The Kier molecular flexibility index (Phi) is 4.01. The van der Waals surface area contributed by atoms with Crippen LogP contribution in [0.1, 0.15) is 18.5 Å². The van der Waals surface area contributed by atoms with Gasteiger partial charge in [-0.2, -0.15) is 5.10 Å². The zero-order valence-electron chi connectivity index (χ0n) is 11.1. The molecule has 0 aliphatic heterocycles. The summed E-state index contributed by atoms with van der Waals surface area (Å²) in [6.07, 6.45) is 1.48. The first-order chi connectivity index (χ1) is 9.11. The maximum Gasteiger partial charge on any atom is 0.345 e. The number of benzene rings is 1. The Labute approximate surface area is 111 Å². The third-order valence-corrected chi connectivity index (χ3v) is 2.88. The van der Waals surface area contributed by atoms with Crippen LogP contribution < -0.4 is 16.2 Å². The predicted octanol–water partition coefficient (Wildman–Crippen LogP) is 0.680. The number of rotatable bonds is 5. The number of aromatic nitrogens is 3. The topological polar surface area (TPSA) is 75.1 Å².